The summed E-state index contributed by atoms with van der Waals surface area (Å²) >= 11 is 2.31. The Morgan fingerprint density at radius 2 is 1.62 bits per heavy atom. The molecule has 0 spiro atoms. The molecule has 1 aromatic rings. The van der Waals surface area contributed by atoms with E-state index in [1.54, 1.807) is 0 Å². The fourth-order valence-corrected chi connectivity index (χ4v) is 1.80. The van der Waals surface area contributed by atoms with Gasteiger partial charge in [0.25, 0.3) is 0 Å². The Balaban J connectivity index is 2.99. The molecule has 2 N–H and O–H groups in total. The predicted octanol–water partition coefficient (Wildman–Crippen LogP) is 3.27. The third kappa shape index (κ3) is 2.44. The van der Waals surface area contributed by atoms with Gasteiger partial charge in [-0.1, -0.05) is 26.0 Å². The summed E-state index contributed by atoms with van der Waals surface area (Å²) in [4.78, 5) is 0. The summed E-state index contributed by atoms with van der Waals surface area (Å²) in [6, 6.07) is 8.50. The summed E-state index contributed by atoms with van der Waals surface area (Å²) in [6.45, 7) is 4.28. The van der Waals surface area contributed by atoms with Gasteiger partial charge in [-0.15, -0.1) is 0 Å². The zero-order valence-electron chi connectivity index (χ0n) is 8.18. The van der Waals surface area contributed by atoms with Gasteiger partial charge in [0.15, 0.2) is 0 Å². The summed E-state index contributed by atoms with van der Waals surface area (Å²) < 4.78 is 1.26. The number of halogens is 1. The van der Waals surface area contributed by atoms with E-state index in [4.69, 9.17) is 5.73 Å². The van der Waals surface area contributed by atoms with Crippen molar-refractivity contribution < 1.29 is 0 Å². The SMILES string of the molecule is CCC(N)(CC)c1ccc(I)cc1. The van der Waals surface area contributed by atoms with Crippen LogP contribution in [0.3, 0.4) is 0 Å². The Morgan fingerprint density at radius 3 is 2.00 bits per heavy atom. The minimum Gasteiger partial charge on any atom is -0.321 e. The Morgan fingerprint density at radius 1 is 1.15 bits per heavy atom. The van der Waals surface area contributed by atoms with Gasteiger partial charge in [0.1, 0.15) is 0 Å². The molecule has 0 aliphatic carbocycles. The molecule has 13 heavy (non-hydrogen) atoms. The second-order valence-electron chi connectivity index (χ2n) is 3.37. The van der Waals surface area contributed by atoms with Crippen LogP contribution >= 0.6 is 22.6 Å². The van der Waals surface area contributed by atoms with E-state index in [9.17, 15) is 0 Å². The van der Waals surface area contributed by atoms with Crippen molar-refractivity contribution >= 4 is 22.6 Å². The van der Waals surface area contributed by atoms with Gasteiger partial charge in [-0.3, -0.25) is 0 Å². The van der Waals surface area contributed by atoms with Crippen molar-refractivity contribution in [2.24, 2.45) is 5.73 Å². The van der Waals surface area contributed by atoms with Crippen LogP contribution in [0.4, 0.5) is 0 Å². The summed E-state index contributed by atoms with van der Waals surface area (Å²) in [6.07, 6.45) is 1.98. The summed E-state index contributed by atoms with van der Waals surface area (Å²) in [5.41, 5.74) is 7.38. The van der Waals surface area contributed by atoms with E-state index in [0.29, 0.717) is 0 Å². The molecule has 0 heterocycles. The largest absolute Gasteiger partial charge is 0.321 e. The van der Waals surface area contributed by atoms with E-state index in [2.05, 4.69) is 60.7 Å². The lowest BCUT2D eigenvalue weighted by Gasteiger charge is -2.27. The second kappa shape index (κ2) is 4.42. The van der Waals surface area contributed by atoms with Crippen LogP contribution in [0.25, 0.3) is 0 Å². The number of hydrogen-bond acceptors (Lipinski definition) is 1. The lowest BCUT2D eigenvalue weighted by Crippen LogP contribution is -2.34. The van der Waals surface area contributed by atoms with E-state index in [0.717, 1.165) is 12.8 Å². The van der Waals surface area contributed by atoms with Crippen molar-refractivity contribution in [1.29, 1.82) is 0 Å². The maximum atomic E-state index is 6.27. The second-order valence-corrected chi connectivity index (χ2v) is 4.62. The van der Waals surface area contributed by atoms with Crippen molar-refractivity contribution in [3.8, 4) is 0 Å². The van der Waals surface area contributed by atoms with E-state index >= 15 is 0 Å². The maximum Gasteiger partial charge on any atom is 0.0404 e. The zero-order chi connectivity index (χ0) is 9.90. The average Bonchev–Trinajstić information content (AvgIpc) is 2.18. The van der Waals surface area contributed by atoms with Crippen LogP contribution in [0.2, 0.25) is 0 Å². The molecule has 0 bridgehead atoms. The third-order valence-electron chi connectivity index (χ3n) is 2.68. The lowest BCUT2D eigenvalue weighted by molar-refractivity contribution is 0.413. The van der Waals surface area contributed by atoms with Crippen molar-refractivity contribution in [2.75, 3.05) is 0 Å². The molecule has 0 aromatic heterocycles. The first-order valence-electron chi connectivity index (χ1n) is 4.67. The lowest BCUT2D eigenvalue weighted by atomic mass is 9.86. The van der Waals surface area contributed by atoms with Gasteiger partial charge in [0.2, 0.25) is 0 Å². The Hall–Kier alpha value is -0.0900. The normalized spacial score (nSPS) is 11.7. The molecule has 0 radical (unpaired) electrons. The van der Waals surface area contributed by atoms with Crippen LogP contribution in [0.1, 0.15) is 32.3 Å². The fourth-order valence-electron chi connectivity index (χ4n) is 1.44. The van der Waals surface area contributed by atoms with Crippen LogP contribution in [0.5, 0.6) is 0 Å². The highest BCUT2D eigenvalue weighted by atomic mass is 127. The quantitative estimate of drug-likeness (QED) is 0.849. The summed E-state index contributed by atoms with van der Waals surface area (Å²) in [5.74, 6) is 0. The van der Waals surface area contributed by atoms with Crippen LogP contribution < -0.4 is 5.73 Å². The van der Waals surface area contributed by atoms with Crippen LogP contribution in [-0.2, 0) is 5.54 Å². The zero-order valence-corrected chi connectivity index (χ0v) is 10.3. The molecule has 1 aromatic carbocycles. The smallest absolute Gasteiger partial charge is 0.0404 e. The van der Waals surface area contributed by atoms with E-state index in [-0.39, 0.29) is 5.54 Å². The van der Waals surface area contributed by atoms with E-state index < -0.39 is 0 Å². The average molecular weight is 289 g/mol. The molecule has 0 amide bonds. The topological polar surface area (TPSA) is 26.0 Å². The van der Waals surface area contributed by atoms with Gasteiger partial charge in [0.05, 0.1) is 0 Å². The first-order valence-corrected chi connectivity index (χ1v) is 5.75. The number of rotatable bonds is 3. The molecule has 1 nitrogen and oxygen atoms in total. The molecular weight excluding hydrogens is 273 g/mol. The van der Waals surface area contributed by atoms with E-state index in [1.807, 2.05) is 0 Å². The maximum absolute atomic E-state index is 6.27. The highest BCUT2D eigenvalue weighted by Gasteiger charge is 2.21. The number of benzene rings is 1. The van der Waals surface area contributed by atoms with Gasteiger partial charge in [-0.25, -0.2) is 0 Å². The predicted molar refractivity (Wildman–Crippen MR) is 65.6 cm³/mol. The molecular formula is C11H16IN. The molecule has 0 saturated heterocycles. The highest BCUT2D eigenvalue weighted by Crippen LogP contribution is 2.25. The molecule has 0 aliphatic heterocycles. The highest BCUT2D eigenvalue weighted by molar-refractivity contribution is 14.1. The summed E-state index contributed by atoms with van der Waals surface area (Å²) in [7, 11) is 0. The molecule has 72 valence electrons. The van der Waals surface area contributed by atoms with Crippen LogP contribution in [-0.4, -0.2) is 0 Å². The van der Waals surface area contributed by atoms with Gasteiger partial charge in [0, 0.05) is 9.11 Å². The minimum atomic E-state index is -0.135. The molecule has 0 saturated carbocycles. The summed E-state index contributed by atoms with van der Waals surface area (Å²) in [5, 5.41) is 0. The molecule has 0 fully saturated rings. The van der Waals surface area contributed by atoms with Crippen molar-refractivity contribution in [1.82, 2.24) is 0 Å². The Bertz CT molecular complexity index is 262. The number of hydrogen-bond donors (Lipinski definition) is 1. The van der Waals surface area contributed by atoms with Gasteiger partial charge < -0.3 is 5.73 Å². The monoisotopic (exact) mass is 289 g/mol. The van der Waals surface area contributed by atoms with Crippen molar-refractivity contribution in [3.05, 3.63) is 33.4 Å². The van der Waals surface area contributed by atoms with Gasteiger partial charge in [-0.05, 0) is 53.1 Å². The Kier molecular flexibility index (Phi) is 3.74. The van der Waals surface area contributed by atoms with Crippen LogP contribution in [0.15, 0.2) is 24.3 Å². The molecule has 0 aliphatic rings. The molecule has 1 rings (SSSR count). The van der Waals surface area contributed by atoms with Gasteiger partial charge >= 0.3 is 0 Å². The minimum absolute atomic E-state index is 0.135. The first-order chi connectivity index (χ1) is 6.12. The first kappa shape index (κ1) is 11.0. The number of nitrogens with two attached hydrogens (primary N) is 1. The van der Waals surface area contributed by atoms with E-state index in [1.165, 1.54) is 9.13 Å². The van der Waals surface area contributed by atoms with Gasteiger partial charge in [-0.2, -0.15) is 0 Å². The standard InChI is InChI=1S/C11H16IN/c1-3-11(13,4-2)9-5-7-10(12)8-6-9/h5-8H,3-4,13H2,1-2H3. The molecule has 2 heteroatoms. The molecule has 0 unspecified atom stereocenters. The van der Waals surface area contributed by atoms with Crippen molar-refractivity contribution in [2.45, 2.75) is 32.2 Å². The van der Waals surface area contributed by atoms with Crippen LogP contribution in [0, 0.1) is 3.57 Å². The van der Waals surface area contributed by atoms with Crippen molar-refractivity contribution in [3.63, 3.8) is 0 Å². The molecule has 0 atom stereocenters. The Labute approximate surface area is 93.9 Å². The third-order valence-corrected chi connectivity index (χ3v) is 3.40. The fraction of sp³-hybridized carbons (Fsp3) is 0.455.